The molecule has 122 valence electrons. The molecule has 3 aromatic rings. The zero-order chi connectivity index (χ0) is 16.2. The van der Waals surface area contributed by atoms with Gasteiger partial charge in [-0.05, 0) is 28.8 Å². The normalized spacial score (nSPS) is 16.8. The Morgan fingerprint density at radius 3 is 2.17 bits per heavy atom. The van der Waals surface area contributed by atoms with E-state index in [2.05, 4.69) is 70.9 Å². The lowest BCUT2D eigenvalue weighted by atomic mass is 9.98. The molecule has 0 aliphatic carbocycles. The highest BCUT2D eigenvalue weighted by Gasteiger charge is 2.25. The lowest BCUT2D eigenvalue weighted by Gasteiger charge is -2.34. The topological polar surface area (TPSA) is 28.4 Å². The second-order valence-electron chi connectivity index (χ2n) is 6.19. The van der Waals surface area contributed by atoms with E-state index < -0.39 is 0 Å². The van der Waals surface area contributed by atoms with Crippen molar-refractivity contribution in [2.45, 2.75) is 6.04 Å². The number of benzene rings is 2. The number of hydrogen-bond donors (Lipinski definition) is 1. The molecule has 1 N–H and O–H groups in total. The third-order valence-corrected chi connectivity index (χ3v) is 4.66. The quantitative estimate of drug-likeness (QED) is 0.790. The number of nitrogens with zero attached hydrogens (tertiary/aromatic N) is 1. The van der Waals surface area contributed by atoms with Crippen LogP contribution in [0.5, 0.6) is 0 Å². The van der Waals surface area contributed by atoms with E-state index in [1.807, 2.05) is 6.07 Å². The molecule has 1 aliphatic rings. The van der Waals surface area contributed by atoms with Gasteiger partial charge in [0.1, 0.15) is 5.76 Å². The van der Waals surface area contributed by atoms with Crippen LogP contribution in [0.1, 0.15) is 17.4 Å². The molecule has 3 heteroatoms. The van der Waals surface area contributed by atoms with E-state index in [1.54, 1.807) is 6.26 Å². The Morgan fingerprint density at radius 1 is 0.792 bits per heavy atom. The molecule has 0 spiro atoms. The third-order valence-electron chi connectivity index (χ3n) is 4.66. The van der Waals surface area contributed by atoms with Crippen LogP contribution in [0.25, 0.3) is 11.1 Å². The highest BCUT2D eigenvalue weighted by molar-refractivity contribution is 5.63. The third kappa shape index (κ3) is 3.14. The summed E-state index contributed by atoms with van der Waals surface area (Å²) in [6.45, 7) is 4.12. The molecule has 0 saturated carbocycles. The van der Waals surface area contributed by atoms with Gasteiger partial charge in [0.05, 0.1) is 12.3 Å². The first-order chi connectivity index (χ1) is 11.9. The van der Waals surface area contributed by atoms with Crippen molar-refractivity contribution in [1.82, 2.24) is 10.2 Å². The summed E-state index contributed by atoms with van der Waals surface area (Å²) in [6, 6.07) is 23.6. The van der Waals surface area contributed by atoms with Crippen LogP contribution in [0.4, 0.5) is 0 Å². The maximum Gasteiger partial charge on any atom is 0.125 e. The van der Waals surface area contributed by atoms with Crippen LogP contribution in [0, 0.1) is 0 Å². The number of rotatable bonds is 4. The average Bonchev–Trinajstić information content (AvgIpc) is 3.18. The van der Waals surface area contributed by atoms with Gasteiger partial charge in [-0.15, -0.1) is 0 Å². The average molecular weight is 318 g/mol. The number of piperazine rings is 1. The van der Waals surface area contributed by atoms with Gasteiger partial charge in [-0.25, -0.2) is 0 Å². The summed E-state index contributed by atoms with van der Waals surface area (Å²) in [5, 5.41) is 3.42. The highest BCUT2D eigenvalue weighted by atomic mass is 16.3. The molecule has 24 heavy (non-hydrogen) atoms. The van der Waals surface area contributed by atoms with E-state index in [0.29, 0.717) is 0 Å². The van der Waals surface area contributed by atoms with Crippen LogP contribution in [0.2, 0.25) is 0 Å². The van der Waals surface area contributed by atoms with E-state index in [0.717, 1.165) is 31.9 Å². The van der Waals surface area contributed by atoms with Gasteiger partial charge in [-0.1, -0.05) is 54.6 Å². The van der Waals surface area contributed by atoms with Crippen LogP contribution < -0.4 is 5.32 Å². The molecule has 2 heterocycles. The molecule has 0 amide bonds. The smallest absolute Gasteiger partial charge is 0.125 e. The Labute approximate surface area is 142 Å². The van der Waals surface area contributed by atoms with Gasteiger partial charge in [-0.3, -0.25) is 4.90 Å². The highest BCUT2D eigenvalue weighted by Crippen LogP contribution is 2.31. The van der Waals surface area contributed by atoms with Gasteiger partial charge in [0.2, 0.25) is 0 Å². The zero-order valence-corrected chi connectivity index (χ0v) is 13.7. The Hall–Kier alpha value is -2.36. The van der Waals surface area contributed by atoms with Crippen molar-refractivity contribution in [3.8, 4) is 11.1 Å². The minimum absolute atomic E-state index is 0.187. The van der Waals surface area contributed by atoms with E-state index in [4.69, 9.17) is 4.42 Å². The standard InChI is InChI=1S/C21H22N2O/c1-2-5-17(6-3-1)18-8-10-19(11-9-18)21(20-7-4-16-24-20)23-14-12-22-13-15-23/h1-11,16,21-22H,12-15H2. The molecule has 3 nitrogen and oxygen atoms in total. The lowest BCUT2D eigenvalue weighted by molar-refractivity contribution is 0.180. The van der Waals surface area contributed by atoms with Crippen molar-refractivity contribution in [3.05, 3.63) is 84.3 Å². The Morgan fingerprint density at radius 2 is 1.50 bits per heavy atom. The van der Waals surface area contributed by atoms with Crippen molar-refractivity contribution in [2.75, 3.05) is 26.2 Å². The molecule has 2 aromatic carbocycles. The van der Waals surface area contributed by atoms with Crippen molar-refractivity contribution < 1.29 is 4.42 Å². The van der Waals surface area contributed by atoms with E-state index >= 15 is 0 Å². The van der Waals surface area contributed by atoms with Crippen LogP contribution in [-0.4, -0.2) is 31.1 Å². The van der Waals surface area contributed by atoms with Crippen molar-refractivity contribution in [3.63, 3.8) is 0 Å². The predicted octanol–water partition coefficient (Wildman–Crippen LogP) is 3.94. The fourth-order valence-electron chi connectivity index (χ4n) is 3.43. The minimum Gasteiger partial charge on any atom is -0.467 e. The molecule has 1 aromatic heterocycles. The van der Waals surface area contributed by atoms with Gasteiger partial charge >= 0.3 is 0 Å². The van der Waals surface area contributed by atoms with Crippen molar-refractivity contribution in [2.24, 2.45) is 0 Å². The molecule has 1 unspecified atom stereocenters. The molecule has 0 radical (unpaired) electrons. The maximum atomic E-state index is 5.76. The fraction of sp³-hybridized carbons (Fsp3) is 0.238. The first-order valence-corrected chi connectivity index (χ1v) is 8.55. The number of nitrogens with one attached hydrogen (secondary N) is 1. The maximum absolute atomic E-state index is 5.76. The molecule has 1 aliphatic heterocycles. The first kappa shape index (κ1) is 15.2. The van der Waals surface area contributed by atoms with Gasteiger partial charge in [0, 0.05) is 26.2 Å². The van der Waals surface area contributed by atoms with E-state index in [9.17, 15) is 0 Å². The van der Waals surface area contributed by atoms with Gasteiger partial charge in [0.15, 0.2) is 0 Å². The molecular formula is C21H22N2O. The minimum atomic E-state index is 0.187. The van der Waals surface area contributed by atoms with Crippen LogP contribution >= 0.6 is 0 Å². The first-order valence-electron chi connectivity index (χ1n) is 8.55. The van der Waals surface area contributed by atoms with E-state index in [1.165, 1.54) is 16.7 Å². The summed E-state index contributed by atoms with van der Waals surface area (Å²) >= 11 is 0. The largest absolute Gasteiger partial charge is 0.467 e. The summed E-state index contributed by atoms with van der Waals surface area (Å²) in [4.78, 5) is 2.49. The predicted molar refractivity (Wildman–Crippen MR) is 96.9 cm³/mol. The Bertz CT molecular complexity index is 744. The number of furan rings is 1. The van der Waals surface area contributed by atoms with Gasteiger partial charge in [-0.2, -0.15) is 0 Å². The van der Waals surface area contributed by atoms with Crippen LogP contribution in [0.3, 0.4) is 0 Å². The lowest BCUT2D eigenvalue weighted by Crippen LogP contribution is -2.45. The zero-order valence-electron chi connectivity index (χ0n) is 13.7. The van der Waals surface area contributed by atoms with Gasteiger partial charge < -0.3 is 9.73 Å². The van der Waals surface area contributed by atoms with E-state index in [-0.39, 0.29) is 6.04 Å². The molecule has 1 fully saturated rings. The summed E-state index contributed by atoms with van der Waals surface area (Å²) in [5.74, 6) is 1.02. The molecule has 0 bridgehead atoms. The Kier molecular flexibility index (Phi) is 4.45. The molecule has 1 saturated heterocycles. The molecule has 1 atom stereocenters. The van der Waals surface area contributed by atoms with Crippen molar-refractivity contribution in [1.29, 1.82) is 0 Å². The summed E-state index contributed by atoms with van der Waals surface area (Å²) in [5.41, 5.74) is 3.78. The van der Waals surface area contributed by atoms with Crippen molar-refractivity contribution >= 4 is 0 Å². The van der Waals surface area contributed by atoms with Gasteiger partial charge in [0.25, 0.3) is 0 Å². The summed E-state index contributed by atoms with van der Waals surface area (Å²) in [7, 11) is 0. The SMILES string of the molecule is c1ccc(-c2ccc(C(c3ccco3)N3CCNCC3)cc2)cc1. The number of hydrogen-bond acceptors (Lipinski definition) is 3. The second-order valence-corrected chi connectivity index (χ2v) is 6.19. The monoisotopic (exact) mass is 318 g/mol. The second kappa shape index (κ2) is 7.04. The summed E-state index contributed by atoms with van der Waals surface area (Å²) < 4.78 is 5.76. The summed E-state index contributed by atoms with van der Waals surface area (Å²) in [6.07, 6.45) is 1.77. The molecule has 4 rings (SSSR count). The molecular weight excluding hydrogens is 296 g/mol. The van der Waals surface area contributed by atoms with Crippen LogP contribution in [-0.2, 0) is 0 Å². The fourth-order valence-corrected chi connectivity index (χ4v) is 3.43. The van der Waals surface area contributed by atoms with Crippen LogP contribution in [0.15, 0.2) is 77.4 Å². The Balaban J connectivity index is 1.65.